The summed E-state index contributed by atoms with van der Waals surface area (Å²) in [5.74, 6) is -0.0585. The first-order valence-corrected chi connectivity index (χ1v) is 5.51. The van der Waals surface area contributed by atoms with E-state index in [0.717, 1.165) is 0 Å². The van der Waals surface area contributed by atoms with E-state index in [-0.39, 0.29) is 11.9 Å². The van der Waals surface area contributed by atoms with Gasteiger partial charge in [0.1, 0.15) is 6.04 Å². The summed E-state index contributed by atoms with van der Waals surface area (Å²) in [6.07, 6.45) is 0. The number of nitrogens with one attached hydrogen (secondary N) is 2. The van der Waals surface area contributed by atoms with Crippen molar-refractivity contribution in [3.8, 4) is 0 Å². The van der Waals surface area contributed by atoms with E-state index in [0.29, 0.717) is 22.9 Å². The van der Waals surface area contributed by atoms with Crippen molar-refractivity contribution in [2.75, 3.05) is 17.6 Å². The Morgan fingerprint density at radius 2 is 2.25 bits per heavy atom. The number of anilines is 2. The summed E-state index contributed by atoms with van der Waals surface area (Å²) in [5.41, 5.74) is 7.01. The van der Waals surface area contributed by atoms with E-state index in [1.165, 1.54) is 0 Å². The maximum absolute atomic E-state index is 11.5. The second-order valence-electron chi connectivity index (χ2n) is 3.49. The molecule has 1 aromatic carbocycles. The van der Waals surface area contributed by atoms with Crippen LogP contribution in [0.2, 0.25) is 5.02 Å². The molecule has 0 fully saturated rings. The molecule has 0 bridgehead atoms. The lowest BCUT2D eigenvalue weighted by molar-refractivity contribution is -0.121. The van der Waals surface area contributed by atoms with Gasteiger partial charge in [0.25, 0.3) is 0 Å². The first kappa shape index (κ1) is 12.6. The van der Waals surface area contributed by atoms with Crippen molar-refractivity contribution in [3.05, 3.63) is 23.2 Å². The fourth-order valence-electron chi connectivity index (χ4n) is 1.29. The van der Waals surface area contributed by atoms with Crippen LogP contribution in [0.15, 0.2) is 18.2 Å². The molecule has 0 aliphatic heterocycles. The van der Waals surface area contributed by atoms with Crippen LogP contribution < -0.4 is 16.4 Å². The predicted molar refractivity (Wildman–Crippen MR) is 67.6 cm³/mol. The van der Waals surface area contributed by atoms with Gasteiger partial charge in [0.15, 0.2) is 0 Å². The minimum atomic E-state index is -0.330. The summed E-state index contributed by atoms with van der Waals surface area (Å²) in [4.78, 5) is 11.5. The van der Waals surface area contributed by atoms with E-state index in [1.807, 2.05) is 6.92 Å². The molecule has 16 heavy (non-hydrogen) atoms. The van der Waals surface area contributed by atoms with Gasteiger partial charge in [-0.3, -0.25) is 4.79 Å². The summed E-state index contributed by atoms with van der Waals surface area (Å²) >= 11 is 5.78. The minimum absolute atomic E-state index is 0.0585. The largest absolute Gasteiger partial charge is 0.397 e. The smallest absolute Gasteiger partial charge is 0.242 e. The molecule has 1 unspecified atom stereocenters. The highest BCUT2D eigenvalue weighted by Gasteiger charge is 2.12. The molecule has 0 saturated carbocycles. The predicted octanol–water partition coefficient (Wildman–Crippen LogP) is 1.86. The molecule has 0 heterocycles. The number of nitrogen functional groups attached to an aromatic ring is 1. The Bertz CT molecular complexity index is 381. The van der Waals surface area contributed by atoms with Crippen molar-refractivity contribution in [2.24, 2.45) is 0 Å². The number of rotatable bonds is 4. The summed E-state index contributed by atoms with van der Waals surface area (Å²) in [7, 11) is 0. The first-order chi connectivity index (χ1) is 7.54. The number of hydrogen-bond donors (Lipinski definition) is 3. The van der Waals surface area contributed by atoms with Crippen molar-refractivity contribution >= 4 is 28.9 Å². The zero-order valence-electron chi connectivity index (χ0n) is 9.38. The lowest BCUT2D eigenvalue weighted by Gasteiger charge is -2.16. The van der Waals surface area contributed by atoms with E-state index >= 15 is 0 Å². The number of halogens is 1. The molecule has 4 N–H and O–H groups in total. The first-order valence-electron chi connectivity index (χ1n) is 5.14. The number of carbonyl (C=O) groups is 1. The molecule has 0 saturated heterocycles. The minimum Gasteiger partial charge on any atom is -0.397 e. The topological polar surface area (TPSA) is 67.2 Å². The van der Waals surface area contributed by atoms with E-state index in [1.54, 1.807) is 25.1 Å². The van der Waals surface area contributed by atoms with Gasteiger partial charge in [-0.1, -0.05) is 11.6 Å². The molecule has 4 nitrogen and oxygen atoms in total. The molecule has 5 heteroatoms. The average molecular weight is 242 g/mol. The van der Waals surface area contributed by atoms with Gasteiger partial charge in [0.05, 0.1) is 11.4 Å². The lowest BCUT2D eigenvalue weighted by atomic mass is 10.2. The van der Waals surface area contributed by atoms with Gasteiger partial charge in [-0.15, -0.1) is 0 Å². The van der Waals surface area contributed by atoms with Crippen molar-refractivity contribution in [2.45, 2.75) is 19.9 Å². The SMILES string of the molecule is CCNC(=O)C(C)Nc1ccc(Cl)cc1N. The van der Waals surface area contributed by atoms with Crippen LogP contribution in [0.4, 0.5) is 11.4 Å². The van der Waals surface area contributed by atoms with Gasteiger partial charge in [0.2, 0.25) is 5.91 Å². The van der Waals surface area contributed by atoms with Gasteiger partial charge in [0, 0.05) is 11.6 Å². The normalized spacial score (nSPS) is 11.9. The van der Waals surface area contributed by atoms with Gasteiger partial charge >= 0.3 is 0 Å². The molecule has 0 radical (unpaired) electrons. The summed E-state index contributed by atoms with van der Waals surface area (Å²) < 4.78 is 0. The maximum Gasteiger partial charge on any atom is 0.242 e. The lowest BCUT2D eigenvalue weighted by Crippen LogP contribution is -2.37. The van der Waals surface area contributed by atoms with E-state index in [4.69, 9.17) is 17.3 Å². The third kappa shape index (κ3) is 3.31. The third-order valence-corrected chi connectivity index (χ3v) is 2.37. The van der Waals surface area contributed by atoms with Crippen LogP contribution in [0, 0.1) is 0 Å². The van der Waals surface area contributed by atoms with Crippen LogP contribution in [0.3, 0.4) is 0 Å². The molecule has 0 aromatic heterocycles. The molecular weight excluding hydrogens is 226 g/mol. The van der Waals surface area contributed by atoms with Crippen LogP contribution in [0.5, 0.6) is 0 Å². The summed E-state index contributed by atoms with van der Waals surface area (Å²) in [5, 5.41) is 6.33. The standard InChI is InChI=1S/C11H16ClN3O/c1-3-14-11(16)7(2)15-10-5-4-8(12)6-9(10)13/h4-7,15H,3,13H2,1-2H3,(H,14,16). The second-order valence-corrected chi connectivity index (χ2v) is 3.93. The van der Waals surface area contributed by atoms with Gasteiger partial charge < -0.3 is 16.4 Å². The fourth-order valence-corrected chi connectivity index (χ4v) is 1.47. The Kier molecular flexibility index (Phi) is 4.43. The highest BCUT2D eigenvalue weighted by molar-refractivity contribution is 6.31. The summed E-state index contributed by atoms with van der Waals surface area (Å²) in [6, 6.07) is 4.80. The van der Waals surface area contributed by atoms with E-state index in [2.05, 4.69) is 10.6 Å². The Balaban J connectivity index is 2.69. The number of benzene rings is 1. The van der Waals surface area contributed by atoms with Gasteiger partial charge in [-0.2, -0.15) is 0 Å². The van der Waals surface area contributed by atoms with Gasteiger partial charge in [-0.05, 0) is 32.0 Å². The van der Waals surface area contributed by atoms with Crippen LogP contribution in [0.1, 0.15) is 13.8 Å². The fraction of sp³-hybridized carbons (Fsp3) is 0.364. The van der Waals surface area contributed by atoms with Crippen LogP contribution in [-0.2, 0) is 4.79 Å². The quantitative estimate of drug-likeness (QED) is 0.705. The monoisotopic (exact) mass is 241 g/mol. The van der Waals surface area contributed by atoms with Crippen molar-refractivity contribution < 1.29 is 4.79 Å². The van der Waals surface area contributed by atoms with Gasteiger partial charge in [-0.25, -0.2) is 0 Å². The zero-order valence-corrected chi connectivity index (χ0v) is 10.1. The number of carbonyl (C=O) groups excluding carboxylic acids is 1. The van der Waals surface area contributed by atoms with Crippen LogP contribution in [-0.4, -0.2) is 18.5 Å². The van der Waals surface area contributed by atoms with Crippen LogP contribution >= 0.6 is 11.6 Å². The Labute approximate surface area is 100 Å². The number of nitrogens with two attached hydrogens (primary N) is 1. The molecule has 0 aliphatic rings. The molecule has 1 atom stereocenters. The van der Waals surface area contributed by atoms with Crippen molar-refractivity contribution in [3.63, 3.8) is 0 Å². The second kappa shape index (κ2) is 5.61. The molecule has 1 amide bonds. The molecule has 0 spiro atoms. The van der Waals surface area contributed by atoms with Crippen molar-refractivity contribution in [1.29, 1.82) is 0 Å². The highest BCUT2D eigenvalue weighted by atomic mass is 35.5. The van der Waals surface area contributed by atoms with E-state index < -0.39 is 0 Å². The maximum atomic E-state index is 11.5. The third-order valence-electron chi connectivity index (χ3n) is 2.13. The molecule has 88 valence electrons. The highest BCUT2D eigenvalue weighted by Crippen LogP contribution is 2.23. The molecule has 1 aromatic rings. The Hall–Kier alpha value is -1.42. The molecule has 1 rings (SSSR count). The van der Waals surface area contributed by atoms with Crippen molar-refractivity contribution in [1.82, 2.24) is 5.32 Å². The number of hydrogen-bond acceptors (Lipinski definition) is 3. The Morgan fingerprint density at radius 3 is 2.81 bits per heavy atom. The number of amides is 1. The molecular formula is C11H16ClN3O. The van der Waals surface area contributed by atoms with Crippen LogP contribution in [0.25, 0.3) is 0 Å². The molecule has 0 aliphatic carbocycles. The van der Waals surface area contributed by atoms with E-state index in [9.17, 15) is 4.79 Å². The Morgan fingerprint density at radius 1 is 1.56 bits per heavy atom. The summed E-state index contributed by atoms with van der Waals surface area (Å²) in [6.45, 7) is 4.27. The number of likely N-dealkylation sites (N-methyl/N-ethyl adjacent to an activating group) is 1. The average Bonchev–Trinajstić information content (AvgIpc) is 2.22. The zero-order chi connectivity index (χ0) is 12.1.